The van der Waals surface area contributed by atoms with Gasteiger partial charge in [-0.1, -0.05) is 0 Å². The van der Waals surface area contributed by atoms with E-state index in [1.807, 2.05) is 6.07 Å². The van der Waals surface area contributed by atoms with E-state index in [1.54, 1.807) is 12.1 Å². The van der Waals surface area contributed by atoms with Crippen molar-refractivity contribution < 1.29 is 14.3 Å². The lowest BCUT2D eigenvalue weighted by Gasteiger charge is -1.96. The Morgan fingerprint density at radius 2 is 2.21 bits per heavy atom. The van der Waals surface area contributed by atoms with Gasteiger partial charge in [0.1, 0.15) is 0 Å². The molecule has 1 aliphatic rings. The Morgan fingerprint density at radius 3 is 3.07 bits per heavy atom. The number of benzene rings is 1. The van der Waals surface area contributed by atoms with Crippen molar-refractivity contribution in [2.24, 2.45) is 5.10 Å². The van der Waals surface area contributed by atoms with E-state index in [0.29, 0.717) is 12.2 Å². The molecule has 1 aromatic rings. The molecule has 0 aliphatic carbocycles. The van der Waals surface area contributed by atoms with Gasteiger partial charge in [-0.25, -0.2) is 5.43 Å². The molecule has 0 spiro atoms. The largest absolute Gasteiger partial charge is 0.454 e. The Hall–Kier alpha value is -2.04. The number of carbonyl (C=O) groups is 1. The third kappa shape index (κ3) is 1.66. The van der Waals surface area contributed by atoms with Gasteiger partial charge in [-0.3, -0.25) is 4.79 Å². The van der Waals surface area contributed by atoms with Crippen LogP contribution in [0, 0.1) is 0 Å². The molecule has 0 bridgehead atoms. The Kier molecular flexibility index (Phi) is 2.31. The van der Waals surface area contributed by atoms with Crippen molar-refractivity contribution in [1.29, 1.82) is 0 Å². The fourth-order valence-corrected chi connectivity index (χ4v) is 1.14. The van der Waals surface area contributed by atoms with E-state index in [-0.39, 0.29) is 6.79 Å². The van der Waals surface area contributed by atoms with Crippen molar-refractivity contribution in [2.45, 2.75) is 0 Å². The molecule has 0 saturated carbocycles. The van der Waals surface area contributed by atoms with Gasteiger partial charge in [-0.15, -0.1) is 0 Å². The number of hydrogen-bond donors (Lipinski definition) is 1. The molecule has 72 valence electrons. The predicted molar refractivity (Wildman–Crippen MR) is 49.4 cm³/mol. The first-order chi connectivity index (χ1) is 6.90. The summed E-state index contributed by atoms with van der Waals surface area (Å²) in [5, 5.41) is 3.65. The summed E-state index contributed by atoms with van der Waals surface area (Å²) in [6.45, 7) is 0.252. The molecule has 14 heavy (non-hydrogen) atoms. The van der Waals surface area contributed by atoms with Crippen LogP contribution in [0.4, 0.5) is 0 Å². The number of nitrogens with one attached hydrogen (secondary N) is 1. The highest BCUT2D eigenvalue weighted by Crippen LogP contribution is 2.31. The molecule has 2 rings (SSSR count). The van der Waals surface area contributed by atoms with E-state index < -0.39 is 0 Å². The van der Waals surface area contributed by atoms with Gasteiger partial charge in [-0.05, 0) is 23.8 Å². The summed E-state index contributed by atoms with van der Waals surface area (Å²) in [6.07, 6.45) is 2.03. The first-order valence-corrected chi connectivity index (χ1v) is 4.02. The molecule has 1 heterocycles. The molecule has 0 unspecified atom stereocenters. The highest BCUT2D eigenvalue weighted by Gasteiger charge is 2.12. The molecule has 5 nitrogen and oxygen atoms in total. The molecule has 0 saturated heterocycles. The highest BCUT2D eigenvalue weighted by atomic mass is 16.7. The molecule has 1 aliphatic heterocycles. The lowest BCUT2D eigenvalue weighted by molar-refractivity contribution is -0.109. The molecule has 1 N–H and O–H groups in total. The van der Waals surface area contributed by atoms with Crippen molar-refractivity contribution in [3.05, 3.63) is 23.8 Å². The number of nitrogens with zero attached hydrogens (tertiary/aromatic N) is 1. The second-order valence-electron chi connectivity index (χ2n) is 2.62. The smallest absolute Gasteiger partial charge is 0.231 e. The molecule has 1 aromatic carbocycles. The molecular formula is C9H8N2O3. The zero-order valence-electron chi connectivity index (χ0n) is 7.27. The molecular weight excluding hydrogens is 184 g/mol. The van der Waals surface area contributed by atoms with Gasteiger partial charge in [0.2, 0.25) is 13.2 Å². The Bertz CT molecular complexity index is 376. The minimum absolute atomic E-state index is 0.252. The molecule has 0 radical (unpaired) electrons. The van der Waals surface area contributed by atoms with Gasteiger partial charge in [0.25, 0.3) is 0 Å². The molecule has 0 atom stereocenters. The van der Waals surface area contributed by atoms with Crippen molar-refractivity contribution in [1.82, 2.24) is 5.43 Å². The Morgan fingerprint density at radius 1 is 1.36 bits per heavy atom. The Labute approximate surface area is 80.3 Å². The molecule has 0 aromatic heterocycles. The summed E-state index contributed by atoms with van der Waals surface area (Å²) in [7, 11) is 0. The van der Waals surface area contributed by atoms with Crippen LogP contribution in [0.1, 0.15) is 5.56 Å². The van der Waals surface area contributed by atoms with Crippen LogP contribution in [-0.2, 0) is 4.79 Å². The number of carbonyl (C=O) groups excluding carboxylic acids is 1. The monoisotopic (exact) mass is 192 g/mol. The van der Waals surface area contributed by atoms with Gasteiger partial charge in [0, 0.05) is 0 Å². The van der Waals surface area contributed by atoms with E-state index in [0.717, 1.165) is 11.3 Å². The topological polar surface area (TPSA) is 59.9 Å². The number of rotatable bonds is 3. The van der Waals surface area contributed by atoms with Gasteiger partial charge in [0.05, 0.1) is 6.21 Å². The van der Waals surface area contributed by atoms with Crippen LogP contribution in [0.2, 0.25) is 0 Å². The average molecular weight is 192 g/mol. The van der Waals surface area contributed by atoms with E-state index in [9.17, 15) is 4.79 Å². The van der Waals surface area contributed by atoms with E-state index >= 15 is 0 Å². The first kappa shape index (κ1) is 8.55. The normalized spacial score (nSPS) is 13.1. The van der Waals surface area contributed by atoms with Crippen LogP contribution in [0.5, 0.6) is 11.5 Å². The maximum atomic E-state index is 9.91. The minimum atomic E-state index is 0.252. The predicted octanol–water partition coefficient (Wildman–Crippen LogP) is 0.495. The maximum Gasteiger partial charge on any atom is 0.231 e. The van der Waals surface area contributed by atoms with Crippen LogP contribution in [0.15, 0.2) is 23.3 Å². The summed E-state index contributed by atoms with van der Waals surface area (Å²) < 4.78 is 10.3. The highest BCUT2D eigenvalue weighted by molar-refractivity contribution is 5.81. The molecule has 5 heteroatoms. The number of fused-ring (bicyclic) bond motifs is 1. The third-order valence-electron chi connectivity index (χ3n) is 1.74. The van der Waals surface area contributed by atoms with Crippen LogP contribution in [0.25, 0.3) is 0 Å². The second kappa shape index (κ2) is 3.78. The lowest BCUT2D eigenvalue weighted by atomic mass is 10.2. The van der Waals surface area contributed by atoms with Crippen LogP contribution in [0.3, 0.4) is 0 Å². The van der Waals surface area contributed by atoms with Crippen LogP contribution in [-0.4, -0.2) is 19.4 Å². The van der Waals surface area contributed by atoms with Gasteiger partial charge in [-0.2, -0.15) is 5.10 Å². The maximum absolute atomic E-state index is 9.91. The standard InChI is InChI=1S/C9H8N2O3/c12-5-11-10-4-7-1-2-8-9(3-7)14-6-13-8/h1-5H,6H2,(H,11,12)/b10-4-. The van der Waals surface area contributed by atoms with Crippen LogP contribution < -0.4 is 14.9 Å². The fourth-order valence-electron chi connectivity index (χ4n) is 1.14. The van der Waals surface area contributed by atoms with E-state index in [1.165, 1.54) is 6.21 Å². The minimum Gasteiger partial charge on any atom is -0.454 e. The van der Waals surface area contributed by atoms with Gasteiger partial charge >= 0.3 is 0 Å². The summed E-state index contributed by atoms with van der Waals surface area (Å²) in [4.78, 5) is 9.91. The van der Waals surface area contributed by atoms with E-state index in [4.69, 9.17) is 9.47 Å². The van der Waals surface area contributed by atoms with Crippen molar-refractivity contribution in [3.63, 3.8) is 0 Å². The number of ether oxygens (including phenoxy) is 2. The number of hydrazone groups is 1. The van der Waals surface area contributed by atoms with E-state index in [2.05, 4.69) is 10.5 Å². The summed E-state index contributed by atoms with van der Waals surface area (Å²) in [5.74, 6) is 1.42. The third-order valence-corrected chi connectivity index (χ3v) is 1.74. The summed E-state index contributed by atoms with van der Waals surface area (Å²) >= 11 is 0. The zero-order chi connectivity index (χ0) is 9.80. The Balaban J connectivity index is 2.16. The van der Waals surface area contributed by atoms with Crippen LogP contribution >= 0.6 is 0 Å². The molecule has 0 fully saturated rings. The lowest BCUT2D eigenvalue weighted by Crippen LogP contribution is -2.00. The first-order valence-electron chi connectivity index (χ1n) is 4.02. The van der Waals surface area contributed by atoms with Crippen molar-refractivity contribution in [3.8, 4) is 11.5 Å². The second-order valence-corrected chi connectivity index (χ2v) is 2.62. The van der Waals surface area contributed by atoms with Crippen molar-refractivity contribution >= 4 is 12.6 Å². The number of amides is 1. The molecule has 1 amide bonds. The SMILES string of the molecule is O=CN/N=C\c1ccc2c(c1)OCO2. The van der Waals surface area contributed by atoms with Crippen molar-refractivity contribution in [2.75, 3.05) is 6.79 Å². The van der Waals surface area contributed by atoms with Gasteiger partial charge < -0.3 is 9.47 Å². The summed E-state index contributed by atoms with van der Waals surface area (Å²) in [5.41, 5.74) is 3.02. The average Bonchev–Trinajstić information content (AvgIpc) is 2.65. The quantitative estimate of drug-likeness (QED) is 0.431. The number of hydrogen-bond acceptors (Lipinski definition) is 4. The fraction of sp³-hybridized carbons (Fsp3) is 0.111. The zero-order valence-corrected chi connectivity index (χ0v) is 7.27. The summed E-state index contributed by atoms with van der Waals surface area (Å²) in [6, 6.07) is 5.41. The van der Waals surface area contributed by atoms with Gasteiger partial charge in [0.15, 0.2) is 11.5 Å².